The Kier molecular flexibility index (Phi) is 7.19. The minimum Gasteiger partial charge on any atom is -0.386 e. The zero-order valence-corrected chi connectivity index (χ0v) is 19.3. The van der Waals surface area contributed by atoms with Crippen molar-refractivity contribution in [2.24, 2.45) is 4.99 Å². The van der Waals surface area contributed by atoms with Gasteiger partial charge >= 0.3 is 0 Å². The Balaban J connectivity index is 1.38. The quantitative estimate of drug-likeness (QED) is 0.279. The van der Waals surface area contributed by atoms with Crippen LogP contribution in [0.1, 0.15) is 34.9 Å². The fourth-order valence-electron chi connectivity index (χ4n) is 3.57. The number of hydrogen-bond acceptors (Lipinski definition) is 4. The van der Waals surface area contributed by atoms with Crippen LogP contribution in [0.5, 0.6) is 0 Å². The minimum atomic E-state index is -0.585. The summed E-state index contributed by atoms with van der Waals surface area (Å²) < 4.78 is 3.32. The standard InChI is InChI=1S/C25H29N5OS/c1-3-26-25(29-16-22(31)24-14-21-9-4-5-10-23(21)32-24)28-15-19-7-6-8-20(13-19)17-30-12-11-27-18(30)2/h4-14,22,31H,3,15-17H2,1-2H3,(H2,26,28,29). The third kappa shape index (κ3) is 5.55. The molecular formula is C25H29N5OS. The maximum absolute atomic E-state index is 10.7. The number of rotatable bonds is 8. The number of thiophene rings is 1. The molecule has 4 aromatic rings. The average molecular weight is 448 g/mol. The number of aliphatic hydroxyl groups is 1. The summed E-state index contributed by atoms with van der Waals surface area (Å²) in [5, 5.41) is 18.4. The number of nitrogens with one attached hydrogen (secondary N) is 2. The predicted octanol–water partition coefficient (Wildman–Crippen LogP) is 4.24. The lowest BCUT2D eigenvalue weighted by molar-refractivity contribution is 0.184. The number of aryl methyl sites for hydroxylation is 1. The summed E-state index contributed by atoms with van der Waals surface area (Å²) in [7, 11) is 0. The van der Waals surface area contributed by atoms with Crippen LogP contribution < -0.4 is 10.6 Å². The van der Waals surface area contributed by atoms with Crippen molar-refractivity contribution < 1.29 is 5.11 Å². The van der Waals surface area contributed by atoms with E-state index < -0.39 is 6.10 Å². The molecule has 0 radical (unpaired) electrons. The monoisotopic (exact) mass is 447 g/mol. The van der Waals surface area contributed by atoms with Gasteiger partial charge in [-0.2, -0.15) is 0 Å². The Bertz CT molecular complexity index is 1160. The molecule has 0 spiro atoms. The van der Waals surface area contributed by atoms with E-state index in [0.29, 0.717) is 19.0 Å². The second-order valence-corrected chi connectivity index (χ2v) is 8.82. The molecule has 2 aromatic heterocycles. The number of nitrogens with zero attached hydrogens (tertiary/aromatic N) is 3. The van der Waals surface area contributed by atoms with Gasteiger partial charge in [0.2, 0.25) is 0 Å². The van der Waals surface area contributed by atoms with Gasteiger partial charge in [0.05, 0.1) is 6.54 Å². The topological polar surface area (TPSA) is 74.5 Å². The second kappa shape index (κ2) is 10.4. The van der Waals surface area contributed by atoms with Gasteiger partial charge in [0.25, 0.3) is 0 Å². The number of guanidine groups is 1. The second-order valence-electron chi connectivity index (χ2n) is 7.70. The van der Waals surface area contributed by atoms with Crippen LogP contribution >= 0.6 is 11.3 Å². The lowest BCUT2D eigenvalue weighted by atomic mass is 10.1. The SMILES string of the molecule is CCNC(=NCc1cccc(Cn2ccnc2C)c1)NCC(O)c1cc2ccccc2s1. The van der Waals surface area contributed by atoms with Crippen molar-refractivity contribution in [2.75, 3.05) is 13.1 Å². The largest absolute Gasteiger partial charge is 0.386 e. The van der Waals surface area contributed by atoms with E-state index in [4.69, 9.17) is 4.99 Å². The molecule has 166 valence electrons. The van der Waals surface area contributed by atoms with E-state index in [1.807, 2.05) is 38.4 Å². The minimum absolute atomic E-state index is 0.401. The maximum Gasteiger partial charge on any atom is 0.191 e. The molecule has 2 aromatic carbocycles. The summed E-state index contributed by atoms with van der Waals surface area (Å²) in [6, 6.07) is 18.7. The van der Waals surface area contributed by atoms with Gasteiger partial charge in [0, 0.05) is 41.6 Å². The lowest BCUT2D eigenvalue weighted by Crippen LogP contribution is -2.39. The van der Waals surface area contributed by atoms with Gasteiger partial charge in [-0.3, -0.25) is 0 Å². The molecular weight excluding hydrogens is 418 g/mol. The number of aromatic nitrogens is 2. The molecule has 2 heterocycles. The summed E-state index contributed by atoms with van der Waals surface area (Å²) in [5.41, 5.74) is 2.36. The molecule has 0 saturated heterocycles. The van der Waals surface area contributed by atoms with Crippen LogP contribution in [-0.2, 0) is 13.1 Å². The molecule has 0 aliphatic rings. The van der Waals surface area contributed by atoms with Crippen LogP contribution in [0.25, 0.3) is 10.1 Å². The van der Waals surface area contributed by atoms with Gasteiger partial charge in [-0.05, 0) is 42.5 Å². The zero-order valence-electron chi connectivity index (χ0n) is 18.5. The smallest absolute Gasteiger partial charge is 0.191 e. The van der Waals surface area contributed by atoms with Crippen LogP contribution in [0.4, 0.5) is 0 Å². The number of aliphatic imine (C=N–C) groups is 1. The molecule has 0 fully saturated rings. The molecule has 3 N–H and O–H groups in total. The molecule has 0 bridgehead atoms. The zero-order chi connectivity index (χ0) is 22.3. The van der Waals surface area contributed by atoms with Crippen molar-refractivity contribution in [1.29, 1.82) is 0 Å². The van der Waals surface area contributed by atoms with E-state index in [9.17, 15) is 5.11 Å². The predicted molar refractivity (Wildman–Crippen MR) is 132 cm³/mol. The molecule has 6 nitrogen and oxygen atoms in total. The first-order valence-corrected chi connectivity index (χ1v) is 11.7. The van der Waals surface area contributed by atoms with Crippen LogP contribution in [0, 0.1) is 6.92 Å². The Hall–Kier alpha value is -3.16. The van der Waals surface area contributed by atoms with Gasteiger partial charge in [-0.15, -0.1) is 11.3 Å². The molecule has 0 aliphatic heterocycles. The summed E-state index contributed by atoms with van der Waals surface area (Å²) in [6.45, 7) is 6.56. The number of aliphatic hydroxyl groups excluding tert-OH is 1. The van der Waals surface area contributed by atoms with Crippen molar-refractivity contribution in [3.63, 3.8) is 0 Å². The summed E-state index contributed by atoms with van der Waals surface area (Å²) in [6.07, 6.45) is 3.23. The van der Waals surface area contributed by atoms with Crippen molar-refractivity contribution in [2.45, 2.75) is 33.0 Å². The molecule has 0 saturated carbocycles. The Morgan fingerprint density at radius 1 is 1.12 bits per heavy atom. The number of benzene rings is 2. The highest BCUT2D eigenvalue weighted by Gasteiger charge is 2.12. The van der Waals surface area contributed by atoms with Gasteiger partial charge in [-0.25, -0.2) is 9.98 Å². The highest BCUT2D eigenvalue weighted by atomic mass is 32.1. The normalized spacial score (nSPS) is 12.8. The number of fused-ring (bicyclic) bond motifs is 1. The first kappa shape index (κ1) is 22.0. The van der Waals surface area contributed by atoms with Gasteiger partial charge in [-0.1, -0.05) is 42.5 Å². The first-order chi connectivity index (χ1) is 15.6. The lowest BCUT2D eigenvalue weighted by Gasteiger charge is -2.14. The molecule has 32 heavy (non-hydrogen) atoms. The van der Waals surface area contributed by atoms with Gasteiger partial charge in [0.1, 0.15) is 11.9 Å². The van der Waals surface area contributed by atoms with E-state index in [1.165, 1.54) is 10.3 Å². The van der Waals surface area contributed by atoms with Crippen LogP contribution in [-0.4, -0.2) is 33.7 Å². The van der Waals surface area contributed by atoms with Crippen molar-refractivity contribution in [3.05, 3.63) is 88.8 Å². The van der Waals surface area contributed by atoms with E-state index in [0.717, 1.165) is 34.7 Å². The third-order valence-electron chi connectivity index (χ3n) is 5.27. The van der Waals surface area contributed by atoms with E-state index in [-0.39, 0.29) is 0 Å². The summed E-state index contributed by atoms with van der Waals surface area (Å²) in [4.78, 5) is 9.96. The maximum atomic E-state index is 10.7. The summed E-state index contributed by atoms with van der Waals surface area (Å²) in [5.74, 6) is 1.70. The fourth-order valence-corrected chi connectivity index (χ4v) is 4.62. The van der Waals surface area contributed by atoms with Crippen molar-refractivity contribution in [1.82, 2.24) is 20.2 Å². The molecule has 1 unspecified atom stereocenters. The average Bonchev–Trinajstić information content (AvgIpc) is 3.42. The summed E-state index contributed by atoms with van der Waals surface area (Å²) >= 11 is 1.63. The van der Waals surface area contributed by atoms with Gasteiger partial charge < -0.3 is 20.3 Å². The fraction of sp³-hybridized carbons (Fsp3) is 0.280. The highest BCUT2D eigenvalue weighted by molar-refractivity contribution is 7.19. The molecule has 7 heteroatoms. The number of hydrogen-bond donors (Lipinski definition) is 3. The van der Waals surface area contributed by atoms with E-state index in [2.05, 4.69) is 62.6 Å². The van der Waals surface area contributed by atoms with Crippen LogP contribution in [0.15, 0.2) is 72.0 Å². The third-order valence-corrected chi connectivity index (χ3v) is 6.49. The van der Waals surface area contributed by atoms with Crippen LogP contribution in [0.3, 0.4) is 0 Å². The molecule has 0 aliphatic carbocycles. The Morgan fingerprint density at radius 3 is 2.75 bits per heavy atom. The Labute approximate surface area is 192 Å². The highest BCUT2D eigenvalue weighted by Crippen LogP contribution is 2.29. The van der Waals surface area contributed by atoms with Crippen molar-refractivity contribution >= 4 is 27.4 Å². The molecule has 1 atom stereocenters. The first-order valence-electron chi connectivity index (χ1n) is 10.9. The van der Waals surface area contributed by atoms with E-state index in [1.54, 1.807) is 11.3 Å². The van der Waals surface area contributed by atoms with Crippen molar-refractivity contribution in [3.8, 4) is 0 Å². The van der Waals surface area contributed by atoms with Gasteiger partial charge in [0.15, 0.2) is 5.96 Å². The molecule has 4 rings (SSSR count). The number of imidazole rings is 1. The molecule has 0 amide bonds. The van der Waals surface area contributed by atoms with Crippen LogP contribution in [0.2, 0.25) is 0 Å². The van der Waals surface area contributed by atoms with E-state index >= 15 is 0 Å². The Morgan fingerprint density at radius 2 is 1.97 bits per heavy atom.